The van der Waals surface area contributed by atoms with E-state index in [9.17, 15) is 14.9 Å². The molecule has 32 heavy (non-hydrogen) atoms. The number of thiocarbonyl (C=S) groups is 1. The Hall–Kier alpha value is -2.89. The van der Waals surface area contributed by atoms with Crippen molar-refractivity contribution in [3.8, 4) is 6.07 Å². The Labute approximate surface area is 197 Å². The first-order chi connectivity index (χ1) is 15.2. The number of aromatic nitrogens is 1. The molecule has 1 N–H and O–H groups in total. The van der Waals surface area contributed by atoms with Crippen molar-refractivity contribution in [2.45, 2.75) is 33.7 Å². The smallest absolute Gasteiger partial charge is 0.270 e. The van der Waals surface area contributed by atoms with E-state index in [0.29, 0.717) is 45.2 Å². The van der Waals surface area contributed by atoms with Gasteiger partial charge in [-0.05, 0) is 36.5 Å². The first kappa shape index (κ1) is 23.8. The summed E-state index contributed by atoms with van der Waals surface area (Å²) >= 11 is 6.70. The Morgan fingerprint density at radius 3 is 2.56 bits per heavy atom. The van der Waals surface area contributed by atoms with Gasteiger partial charge in [0.25, 0.3) is 11.5 Å². The number of nitrogens with one attached hydrogen (secondary N) is 1. The van der Waals surface area contributed by atoms with Gasteiger partial charge in [-0.1, -0.05) is 68.2 Å². The van der Waals surface area contributed by atoms with Crippen LogP contribution in [0.4, 0.5) is 5.82 Å². The lowest BCUT2D eigenvalue weighted by Crippen LogP contribution is -2.29. The van der Waals surface area contributed by atoms with Crippen molar-refractivity contribution in [3.05, 3.63) is 67.8 Å². The molecule has 8 heteroatoms. The molecule has 0 atom stereocenters. The van der Waals surface area contributed by atoms with Gasteiger partial charge in [0.05, 0.1) is 4.91 Å². The molecular weight excluding hydrogens is 440 g/mol. The molecule has 0 radical (unpaired) electrons. The van der Waals surface area contributed by atoms with Crippen LogP contribution in [0.5, 0.6) is 0 Å². The summed E-state index contributed by atoms with van der Waals surface area (Å²) in [4.78, 5) is 27.9. The maximum atomic E-state index is 13.0. The van der Waals surface area contributed by atoms with Crippen LogP contribution < -0.4 is 10.9 Å². The van der Waals surface area contributed by atoms with E-state index < -0.39 is 0 Å². The number of hydrogen-bond acceptors (Lipinski definition) is 6. The monoisotopic (exact) mass is 466 g/mol. The molecule has 2 heterocycles. The molecule has 1 aromatic heterocycles. The summed E-state index contributed by atoms with van der Waals surface area (Å²) in [5.41, 5.74) is 1.93. The zero-order valence-electron chi connectivity index (χ0n) is 18.6. The van der Waals surface area contributed by atoms with Crippen molar-refractivity contribution < 1.29 is 4.79 Å². The summed E-state index contributed by atoms with van der Waals surface area (Å²) in [5, 5.41) is 12.9. The normalized spacial score (nSPS) is 15.0. The first-order valence-corrected chi connectivity index (χ1v) is 11.6. The van der Waals surface area contributed by atoms with E-state index in [-0.39, 0.29) is 17.0 Å². The van der Waals surface area contributed by atoms with Crippen molar-refractivity contribution in [3.63, 3.8) is 0 Å². The Morgan fingerprint density at radius 1 is 1.25 bits per heavy atom. The van der Waals surface area contributed by atoms with Gasteiger partial charge in [0.2, 0.25) is 0 Å². The fourth-order valence-electron chi connectivity index (χ4n) is 3.44. The molecule has 0 aliphatic carbocycles. The lowest BCUT2D eigenvalue weighted by Gasteiger charge is -2.18. The Bertz CT molecular complexity index is 1180. The van der Waals surface area contributed by atoms with Crippen LogP contribution in [0.3, 0.4) is 0 Å². The van der Waals surface area contributed by atoms with Crippen molar-refractivity contribution in [2.24, 2.45) is 13.0 Å². The molecule has 3 rings (SSSR count). The number of nitrogens with zero attached hydrogens (tertiary/aromatic N) is 3. The second-order valence-electron chi connectivity index (χ2n) is 8.09. The van der Waals surface area contributed by atoms with Crippen LogP contribution in [0.15, 0.2) is 40.0 Å². The summed E-state index contributed by atoms with van der Waals surface area (Å²) in [6.07, 6.45) is 2.61. The highest BCUT2D eigenvalue weighted by atomic mass is 32.2. The van der Waals surface area contributed by atoms with E-state index in [1.807, 2.05) is 36.4 Å². The first-order valence-electron chi connectivity index (χ1n) is 10.4. The standard InChI is InChI=1S/C24H26N4O2S2/c1-15(2)10-11-28-23(30)20(32-24(28)31)12-18-16(3)19(13-25)22(29)27(4)21(18)26-14-17-8-6-5-7-9-17/h5-9,12,15,26H,10-11,14H2,1-4H3/b20-12-. The molecule has 1 aromatic carbocycles. The average Bonchev–Trinajstić information content (AvgIpc) is 3.03. The summed E-state index contributed by atoms with van der Waals surface area (Å²) in [7, 11) is 1.63. The number of carbonyl (C=O) groups excluding carboxylic acids is 1. The van der Waals surface area contributed by atoms with E-state index >= 15 is 0 Å². The summed E-state index contributed by atoms with van der Waals surface area (Å²) in [5.74, 6) is 0.880. The maximum Gasteiger partial charge on any atom is 0.270 e. The van der Waals surface area contributed by atoms with Crippen LogP contribution in [0.25, 0.3) is 6.08 Å². The quantitative estimate of drug-likeness (QED) is 0.481. The number of amides is 1. The van der Waals surface area contributed by atoms with Gasteiger partial charge < -0.3 is 5.32 Å². The van der Waals surface area contributed by atoms with Gasteiger partial charge in [0.15, 0.2) is 0 Å². The lowest BCUT2D eigenvalue weighted by atomic mass is 10.0. The Kier molecular flexibility index (Phi) is 7.54. The number of nitriles is 1. The molecule has 0 unspecified atom stereocenters. The van der Waals surface area contributed by atoms with Crippen molar-refractivity contribution in [1.82, 2.24) is 9.47 Å². The van der Waals surface area contributed by atoms with Crippen molar-refractivity contribution in [2.75, 3.05) is 11.9 Å². The van der Waals surface area contributed by atoms with Gasteiger partial charge in [0, 0.05) is 25.7 Å². The number of benzene rings is 1. The molecular formula is C24H26N4O2S2. The Balaban J connectivity index is 2.03. The third-order valence-corrected chi connectivity index (χ3v) is 6.76. The summed E-state index contributed by atoms with van der Waals surface area (Å²) in [6, 6.07) is 11.8. The van der Waals surface area contributed by atoms with Gasteiger partial charge in [0.1, 0.15) is 21.8 Å². The lowest BCUT2D eigenvalue weighted by molar-refractivity contribution is -0.122. The minimum Gasteiger partial charge on any atom is -0.367 e. The number of hydrogen-bond donors (Lipinski definition) is 1. The highest BCUT2D eigenvalue weighted by Crippen LogP contribution is 2.35. The maximum absolute atomic E-state index is 13.0. The van der Waals surface area contributed by atoms with Crippen LogP contribution in [-0.2, 0) is 18.4 Å². The van der Waals surface area contributed by atoms with E-state index in [1.165, 1.54) is 16.3 Å². The van der Waals surface area contributed by atoms with Gasteiger partial charge in [-0.3, -0.25) is 19.1 Å². The predicted molar refractivity (Wildman–Crippen MR) is 134 cm³/mol. The zero-order chi connectivity index (χ0) is 23.4. The summed E-state index contributed by atoms with van der Waals surface area (Å²) < 4.78 is 1.96. The van der Waals surface area contributed by atoms with Gasteiger partial charge >= 0.3 is 0 Å². The molecule has 1 aliphatic rings. The second-order valence-corrected chi connectivity index (χ2v) is 9.77. The highest BCUT2D eigenvalue weighted by molar-refractivity contribution is 8.26. The second kappa shape index (κ2) is 10.2. The molecule has 166 valence electrons. The predicted octanol–water partition coefficient (Wildman–Crippen LogP) is 4.42. The van der Waals surface area contributed by atoms with Gasteiger partial charge in [-0.15, -0.1) is 0 Å². The molecule has 0 bridgehead atoms. The van der Waals surface area contributed by atoms with E-state index in [4.69, 9.17) is 12.2 Å². The number of anilines is 1. The SMILES string of the molecule is Cc1c(/C=C2\SC(=S)N(CCC(C)C)C2=O)c(NCc2ccccc2)n(C)c(=O)c1C#N. The molecule has 0 spiro atoms. The topological polar surface area (TPSA) is 78.1 Å². The minimum absolute atomic E-state index is 0.0688. The minimum atomic E-state index is -0.373. The molecule has 0 saturated carbocycles. The highest BCUT2D eigenvalue weighted by Gasteiger charge is 2.32. The van der Waals surface area contributed by atoms with E-state index in [1.54, 1.807) is 24.9 Å². The fraction of sp³-hybridized carbons (Fsp3) is 0.333. The number of carbonyl (C=O) groups is 1. The van der Waals surface area contributed by atoms with Crippen LogP contribution in [0.2, 0.25) is 0 Å². The van der Waals surface area contributed by atoms with Crippen LogP contribution >= 0.6 is 24.0 Å². The zero-order valence-corrected chi connectivity index (χ0v) is 20.3. The molecule has 2 aromatic rings. The Morgan fingerprint density at radius 2 is 1.94 bits per heavy atom. The van der Waals surface area contributed by atoms with Crippen LogP contribution in [0, 0.1) is 24.2 Å². The van der Waals surface area contributed by atoms with Crippen LogP contribution in [0.1, 0.15) is 42.5 Å². The molecule has 1 amide bonds. The van der Waals surface area contributed by atoms with Gasteiger partial charge in [-0.25, -0.2) is 0 Å². The largest absolute Gasteiger partial charge is 0.367 e. The fourth-order valence-corrected chi connectivity index (χ4v) is 4.73. The van der Waals surface area contributed by atoms with Gasteiger partial charge in [-0.2, -0.15) is 5.26 Å². The van der Waals surface area contributed by atoms with Crippen molar-refractivity contribution in [1.29, 1.82) is 5.26 Å². The number of thioether (sulfide) groups is 1. The number of rotatable bonds is 7. The average molecular weight is 467 g/mol. The summed E-state index contributed by atoms with van der Waals surface area (Å²) in [6.45, 7) is 7.02. The molecule has 1 aliphatic heterocycles. The van der Waals surface area contributed by atoms with E-state index in [2.05, 4.69) is 19.2 Å². The third kappa shape index (κ3) is 4.95. The van der Waals surface area contributed by atoms with E-state index in [0.717, 1.165) is 12.0 Å². The molecule has 1 saturated heterocycles. The van der Waals surface area contributed by atoms with Crippen molar-refractivity contribution >= 4 is 46.1 Å². The number of pyridine rings is 1. The molecule has 1 fully saturated rings. The molecule has 6 nitrogen and oxygen atoms in total. The van der Waals surface area contributed by atoms with Crippen LogP contribution in [-0.4, -0.2) is 26.2 Å². The third-order valence-electron chi connectivity index (χ3n) is 5.38.